The fraction of sp³-hybridized carbons (Fsp3) is 0.200. The number of nitrogens with zero attached hydrogens (tertiary/aromatic N) is 1. The van der Waals surface area contributed by atoms with Crippen molar-refractivity contribution >= 4 is 33.7 Å². The lowest BCUT2D eigenvalue weighted by molar-refractivity contribution is -0.115. The molecule has 0 aliphatic heterocycles. The molecule has 0 fully saturated rings. The van der Waals surface area contributed by atoms with Crippen molar-refractivity contribution in [1.82, 2.24) is 4.98 Å². The zero-order valence-corrected chi connectivity index (χ0v) is 16.1. The summed E-state index contributed by atoms with van der Waals surface area (Å²) in [6.45, 7) is 2.05. The average Bonchev–Trinajstić information content (AvgIpc) is 3.10. The second-order valence-corrected chi connectivity index (χ2v) is 8.40. The monoisotopic (exact) mass is 384 g/mol. The summed E-state index contributed by atoms with van der Waals surface area (Å²) in [5.74, 6) is 0.583. The van der Waals surface area contributed by atoms with E-state index in [4.69, 9.17) is 0 Å². The van der Waals surface area contributed by atoms with Crippen LogP contribution in [-0.4, -0.2) is 20.9 Å². The van der Waals surface area contributed by atoms with Crippen LogP contribution >= 0.6 is 11.3 Å². The predicted molar refractivity (Wildman–Crippen MR) is 109 cm³/mol. The first-order valence-corrected chi connectivity index (χ1v) is 10.7. The average molecular weight is 385 g/mol. The predicted octanol–water partition coefficient (Wildman–Crippen LogP) is 4.40. The second-order valence-electron chi connectivity index (χ2n) is 5.96. The van der Waals surface area contributed by atoms with Crippen LogP contribution in [0.1, 0.15) is 17.7 Å². The molecule has 26 heavy (non-hydrogen) atoms. The molecule has 0 saturated carbocycles. The van der Waals surface area contributed by atoms with E-state index in [1.807, 2.05) is 54.8 Å². The fourth-order valence-corrected chi connectivity index (χ4v) is 4.36. The van der Waals surface area contributed by atoms with Crippen LogP contribution in [0.4, 0.5) is 5.69 Å². The minimum atomic E-state index is -1.11. The van der Waals surface area contributed by atoms with Gasteiger partial charge in [0.2, 0.25) is 5.91 Å². The van der Waals surface area contributed by atoms with Gasteiger partial charge >= 0.3 is 0 Å². The number of aromatic nitrogens is 1. The Kier molecular flexibility index (Phi) is 6.30. The number of amides is 1. The molecule has 0 saturated heterocycles. The SMILES string of the molecule is Cc1ccc(-c2nc(CS(=O)CCC(=O)Nc3ccccc3)cs2)cc1. The standard InChI is InChI=1S/C20H20N2O2S2/c1-15-7-9-16(10-8-15)20-22-18(13-25-20)14-26(24)12-11-19(23)21-17-5-3-2-4-6-17/h2-10,13H,11-12,14H2,1H3,(H,21,23). The second kappa shape index (κ2) is 8.87. The lowest BCUT2D eigenvalue weighted by atomic mass is 10.2. The zero-order valence-electron chi connectivity index (χ0n) is 14.5. The Balaban J connectivity index is 1.49. The summed E-state index contributed by atoms with van der Waals surface area (Å²) in [4.78, 5) is 16.5. The number of rotatable bonds is 7. The maximum absolute atomic E-state index is 12.3. The van der Waals surface area contributed by atoms with E-state index in [0.717, 1.165) is 22.0 Å². The molecule has 1 N–H and O–H groups in total. The summed E-state index contributed by atoms with van der Waals surface area (Å²) < 4.78 is 12.3. The topological polar surface area (TPSA) is 59.1 Å². The molecule has 0 spiro atoms. The molecule has 3 rings (SSSR count). The van der Waals surface area contributed by atoms with Gasteiger partial charge in [0.15, 0.2) is 0 Å². The first-order chi connectivity index (χ1) is 12.6. The van der Waals surface area contributed by atoms with Crippen LogP contribution in [0.2, 0.25) is 0 Å². The number of nitrogens with one attached hydrogen (secondary N) is 1. The van der Waals surface area contributed by atoms with Crippen LogP contribution in [0.5, 0.6) is 0 Å². The minimum absolute atomic E-state index is 0.122. The van der Waals surface area contributed by atoms with Crippen molar-refractivity contribution in [3.8, 4) is 10.6 Å². The summed E-state index contributed by atoms with van der Waals surface area (Å²) >= 11 is 1.55. The Morgan fingerprint density at radius 3 is 2.58 bits per heavy atom. The highest BCUT2D eigenvalue weighted by Crippen LogP contribution is 2.24. The van der Waals surface area contributed by atoms with Gasteiger partial charge in [-0.15, -0.1) is 11.3 Å². The van der Waals surface area contributed by atoms with E-state index in [1.165, 1.54) is 5.56 Å². The maximum Gasteiger partial charge on any atom is 0.225 e. The van der Waals surface area contributed by atoms with Crippen molar-refractivity contribution in [2.24, 2.45) is 0 Å². The third kappa shape index (κ3) is 5.34. The first kappa shape index (κ1) is 18.5. The van der Waals surface area contributed by atoms with Crippen LogP contribution in [0.15, 0.2) is 60.0 Å². The highest BCUT2D eigenvalue weighted by atomic mass is 32.2. The summed E-state index contributed by atoms with van der Waals surface area (Å²) in [7, 11) is -1.11. The number of para-hydroxylation sites is 1. The number of hydrogen-bond acceptors (Lipinski definition) is 4. The lowest BCUT2D eigenvalue weighted by Crippen LogP contribution is -2.15. The molecule has 0 radical (unpaired) electrons. The molecule has 1 amide bonds. The van der Waals surface area contributed by atoms with Crippen LogP contribution in [0, 0.1) is 6.92 Å². The Morgan fingerprint density at radius 1 is 1.12 bits per heavy atom. The van der Waals surface area contributed by atoms with E-state index in [1.54, 1.807) is 11.3 Å². The van der Waals surface area contributed by atoms with Crippen molar-refractivity contribution in [2.75, 3.05) is 11.1 Å². The van der Waals surface area contributed by atoms with E-state index in [2.05, 4.69) is 22.4 Å². The Labute approximate surface area is 159 Å². The summed E-state index contributed by atoms with van der Waals surface area (Å²) in [5.41, 5.74) is 3.85. The highest BCUT2D eigenvalue weighted by molar-refractivity contribution is 7.84. The smallest absolute Gasteiger partial charge is 0.225 e. The van der Waals surface area contributed by atoms with Gasteiger partial charge in [-0.1, -0.05) is 48.0 Å². The molecular weight excluding hydrogens is 364 g/mol. The number of carbonyl (C=O) groups excluding carboxylic acids is 1. The van der Waals surface area contributed by atoms with Gasteiger partial charge in [-0.2, -0.15) is 0 Å². The van der Waals surface area contributed by atoms with Crippen molar-refractivity contribution in [2.45, 2.75) is 19.1 Å². The quantitative estimate of drug-likeness (QED) is 0.657. The minimum Gasteiger partial charge on any atom is -0.326 e. The van der Waals surface area contributed by atoms with E-state index in [0.29, 0.717) is 11.5 Å². The third-order valence-corrected chi connectivity index (χ3v) is 5.99. The fourth-order valence-electron chi connectivity index (χ4n) is 2.39. The van der Waals surface area contributed by atoms with Crippen molar-refractivity contribution < 1.29 is 9.00 Å². The number of aryl methyl sites for hydroxylation is 1. The molecule has 1 unspecified atom stereocenters. The van der Waals surface area contributed by atoms with E-state index in [9.17, 15) is 9.00 Å². The molecule has 1 heterocycles. The van der Waals surface area contributed by atoms with Crippen molar-refractivity contribution in [3.05, 3.63) is 71.2 Å². The van der Waals surface area contributed by atoms with Gasteiger partial charge in [-0.05, 0) is 19.1 Å². The molecule has 6 heteroatoms. The molecule has 3 aromatic rings. The molecular formula is C20H20N2O2S2. The van der Waals surface area contributed by atoms with Gasteiger partial charge in [-0.25, -0.2) is 4.98 Å². The Hall–Kier alpha value is -2.31. The number of hydrogen-bond donors (Lipinski definition) is 1. The summed E-state index contributed by atoms with van der Waals surface area (Å²) in [5, 5.41) is 5.68. The van der Waals surface area contributed by atoms with Crippen LogP contribution in [-0.2, 0) is 21.3 Å². The highest BCUT2D eigenvalue weighted by Gasteiger charge is 2.10. The van der Waals surface area contributed by atoms with Crippen molar-refractivity contribution in [3.63, 3.8) is 0 Å². The van der Waals surface area contributed by atoms with Gasteiger partial charge in [0.25, 0.3) is 0 Å². The maximum atomic E-state index is 12.3. The van der Waals surface area contributed by atoms with Gasteiger partial charge in [0.1, 0.15) is 5.01 Å². The third-order valence-electron chi connectivity index (χ3n) is 3.77. The molecule has 2 aromatic carbocycles. The Morgan fingerprint density at radius 2 is 1.85 bits per heavy atom. The number of anilines is 1. The largest absolute Gasteiger partial charge is 0.326 e. The van der Waals surface area contributed by atoms with Gasteiger partial charge < -0.3 is 5.32 Å². The van der Waals surface area contributed by atoms with E-state index >= 15 is 0 Å². The van der Waals surface area contributed by atoms with E-state index in [-0.39, 0.29) is 12.3 Å². The number of thiazole rings is 1. The number of benzene rings is 2. The number of carbonyl (C=O) groups is 1. The van der Waals surface area contributed by atoms with Crippen LogP contribution < -0.4 is 5.32 Å². The molecule has 0 aliphatic rings. The van der Waals surface area contributed by atoms with Gasteiger partial charge in [0, 0.05) is 39.6 Å². The first-order valence-electron chi connectivity index (χ1n) is 8.31. The summed E-state index contributed by atoms with van der Waals surface area (Å²) in [6.07, 6.45) is 0.233. The van der Waals surface area contributed by atoms with Crippen LogP contribution in [0.3, 0.4) is 0 Å². The molecule has 134 valence electrons. The van der Waals surface area contributed by atoms with Crippen molar-refractivity contribution in [1.29, 1.82) is 0 Å². The Bertz CT molecular complexity index is 890. The molecule has 1 aromatic heterocycles. The molecule has 4 nitrogen and oxygen atoms in total. The molecule has 0 aliphatic carbocycles. The lowest BCUT2D eigenvalue weighted by Gasteiger charge is -2.04. The van der Waals surface area contributed by atoms with Gasteiger partial charge in [-0.3, -0.25) is 9.00 Å². The van der Waals surface area contributed by atoms with Crippen LogP contribution in [0.25, 0.3) is 10.6 Å². The normalized spacial score (nSPS) is 11.9. The van der Waals surface area contributed by atoms with E-state index < -0.39 is 10.8 Å². The van der Waals surface area contributed by atoms with Gasteiger partial charge in [0.05, 0.1) is 11.4 Å². The molecule has 1 atom stereocenters. The summed E-state index contributed by atoms with van der Waals surface area (Å²) in [6, 6.07) is 17.5. The zero-order chi connectivity index (χ0) is 18.4. The molecule has 0 bridgehead atoms.